The summed E-state index contributed by atoms with van der Waals surface area (Å²) in [7, 11) is 0. The van der Waals surface area contributed by atoms with Gasteiger partial charge < -0.3 is 0 Å². The van der Waals surface area contributed by atoms with E-state index < -0.39 is 0 Å². The van der Waals surface area contributed by atoms with Crippen molar-refractivity contribution in [3.8, 4) is 0 Å². The van der Waals surface area contributed by atoms with E-state index in [1.807, 2.05) is 10.9 Å². The summed E-state index contributed by atoms with van der Waals surface area (Å²) in [6.07, 6.45) is 12.4. The van der Waals surface area contributed by atoms with Crippen LogP contribution in [-0.2, 0) is 6.54 Å². The van der Waals surface area contributed by atoms with Gasteiger partial charge in [0, 0.05) is 0 Å². The normalized spacial score (nSPS) is 14.4. The van der Waals surface area contributed by atoms with Gasteiger partial charge in [0.15, 0.2) is 0 Å². The van der Waals surface area contributed by atoms with Gasteiger partial charge in [0.05, 0.1) is 25.0 Å². The van der Waals surface area contributed by atoms with Crippen LogP contribution in [0.15, 0.2) is 11.2 Å². The summed E-state index contributed by atoms with van der Waals surface area (Å²) in [5.74, 6) is 0. The first-order valence-electron chi connectivity index (χ1n) is 7.34. The molecule has 4 heteroatoms. The molecule has 2 heterocycles. The first-order chi connectivity index (χ1) is 8.92. The number of hydrogen-bond donors (Lipinski definition) is 0. The molecule has 0 fully saturated rings. The van der Waals surface area contributed by atoms with Crippen LogP contribution >= 0.6 is 0 Å². The summed E-state index contributed by atoms with van der Waals surface area (Å²) in [4.78, 5) is 4.61. The van der Waals surface area contributed by atoms with Crippen molar-refractivity contribution >= 4 is 5.71 Å². The number of aliphatic imine (C=N–C) groups is 1. The third kappa shape index (κ3) is 3.65. The average Bonchev–Trinajstić information content (AvgIpc) is 2.86. The summed E-state index contributed by atoms with van der Waals surface area (Å²) in [5, 5.41) is 8.04. The molecule has 18 heavy (non-hydrogen) atoms. The predicted octanol–water partition coefficient (Wildman–Crippen LogP) is 3.22. The van der Waals surface area contributed by atoms with Crippen molar-refractivity contribution in [2.45, 2.75) is 64.8 Å². The van der Waals surface area contributed by atoms with Crippen molar-refractivity contribution in [1.29, 1.82) is 0 Å². The van der Waals surface area contributed by atoms with Crippen molar-refractivity contribution in [1.82, 2.24) is 15.0 Å². The van der Waals surface area contributed by atoms with Crippen molar-refractivity contribution < 1.29 is 0 Å². The third-order valence-electron chi connectivity index (χ3n) is 3.54. The molecule has 0 radical (unpaired) electrons. The van der Waals surface area contributed by atoms with Crippen LogP contribution in [0.1, 0.15) is 64.0 Å². The van der Waals surface area contributed by atoms with E-state index in [1.54, 1.807) is 0 Å². The SMILES string of the molecule is CCCCCCCCCC1=NCCn2nncc21. The van der Waals surface area contributed by atoms with Gasteiger partial charge in [-0.3, -0.25) is 4.99 Å². The number of unbranched alkanes of at least 4 members (excludes halogenated alkanes) is 6. The highest BCUT2D eigenvalue weighted by Crippen LogP contribution is 2.13. The molecule has 0 bridgehead atoms. The molecule has 0 N–H and O–H groups in total. The van der Waals surface area contributed by atoms with Crippen LogP contribution in [0.3, 0.4) is 0 Å². The minimum Gasteiger partial charge on any atom is -0.286 e. The first-order valence-corrected chi connectivity index (χ1v) is 7.34. The van der Waals surface area contributed by atoms with E-state index >= 15 is 0 Å². The zero-order valence-electron chi connectivity index (χ0n) is 11.4. The van der Waals surface area contributed by atoms with Crippen LogP contribution in [-0.4, -0.2) is 27.3 Å². The Balaban J connectivity index is 1.64. The number of rotatable bonds is 8. The fourth-order valence-corrected chi connectivity index (χ4v) is 2.46. The van der Waals surface area contributed by atoms with Gasteiger partial charge >= 0.3 is 0 Å². The maximum absolute atomic E-state index is 4.61. The Bertz CT molecular complexity index is 381. The Morgan fingerprint density at radius 2 is 1.89 bits per heavy atom. The summed E-state index contributed by atoms with van der Waals surface area (Å²) >= 11 is 0. The second-order valence-corrected chi connectivity index (χ2v) is 5.04. The van der Waals surface area contributed by atoms with Gasteiger partial charge in [-0.1, -0.05) is 50.7 Å². The second kappa shape index (κ2) is 7.29. The van der Waals surface area contributed by atoms with Crippen LogP contribution in [0.2, 0.25) is 0 Å². The van der Waals surface area contributed by atoms with Gasteiger partial charge in [0.25, 0.3) is 0 Å². The number of fused-ring (bicyclic) bond motifs is 1. The molecule has 0 amide bonds. The van der Waals surface area contributed by atoms with E-state index in [9.17, 15) is 0 Å². The summed E-state index contributed by atoms with van der Waals surface area (Å²) in [5.41, 5.74) is 2.34. The molecule has 1 aliphatic rings. The monoisotopic (exact) mass is 248 g/mol. The maximum atomic E-state index is 4.61. The minimum atomic E-state index is 0.863. The summed E-state index contributed by atoms with van der Waals surface area (Å²) < 4.78 is 1.98. The molecule has 1 aromatic rings. The quantitative estimate of drug-likeness (QED) is 0.663. The van der Waals surface area contributed by atoms with Gasteiger partial charge in [-0.2, -0.15) is 0 Å². The Morgan fingerprint density at radius 3 is 2.72 bits per heavy atom. The van der Waals surface area contributed by atoms with Gasteiger partial charge in [0.1, 0.15) is 5.69 Å². The van der Waals surface area contributed by atoms with Crippen LogP contribution in [0.5, 0.6) is 0 Å². The lowest BCUT2D eigenvalue weighted by Gasteiger charge is -2.13. The van der Waals surface area contributed by atoms with Gasteiger partial charge in [-0.05, 0) is 12.8 Å². The lowest BCUT2D eigenvalue weighted by molar-refractivity contribution is 0.573. The van der Waals surface area contributed by atoms with Crippen LogP contribution < -0.4 is 0 Å². The van der Waals surface area contributed by atoms with E-state index in [4.69, 9.17) is 0 Å². The van der Waals surface area contributed by atoms with E-state index in [1.165, 1.54) is 50.7 Å². The number of hydrogen-bond acceptors (Lipinski definition) is 3. The fourth-order valence-electron chi connectivity index (χ4n) is 2.46. The molecule has 0 aromatic carbocycles. The topological polar surface area (TPSA) is 43.1 Å². The Hall–Kier alpha value is -1.19. The largest absolute Gasteiger partial charge is 0.286 e. The zero-order valence-corrected chi connectivity index (χ0v) is 11.4. The second-order valence-electron chi connectivity index (χ2n) is 5.04. The summed E-state index contributed by atoms with van der Waals surface area (Å²) in [6, 6.07) is 0. The van der Waals surface area contributed by atoms with E-state index in [0.717, 1.165) is 25.2 Å². The highest BCUT2D eigenvalue weighted by molar-refractivity contribution is 5.99. The molecule has 0 saturated carbocycles. The third-order valence-corrected chi connectivity index (χ3v) is 3.54. The molecule has 0 saturated heterocycles. The smallest absolute Gasteiger partial charge is 0.102 e. The van der Waals surface area contributed by atoms with Crippen molar-refractivity contribution in [2.75, 3.05) is 6.54 Å². The number of aromatic nitrogens is 3. The zero-order chi connectivity index (χ0) is 12.6. The molecule has 2 rings (SSSR count). The minimum absolute atomic E-state index is 0.863. The first kappa shape index (κ1) is 13.2. The van der Waals surface area contributed by atoms with E-state index in [2.05, 4.69) is 22.2 Å². The van der Waals surface area contributed by atoms with Gasteiger partial charge in [-0.25, -0.2) is 4.68 Å². The fraction of sp³-hybridized carbons (Fsp3) is 0.786. The van der Waals surface area contributed by atoms with Crippen molar-refractivity contribution in [3.05, 3.63) is 11.9 Å². The molecule has 1 aliphatic heterocycles. The van der Waals surface area contributed by atoms with Crippen molar-refractivity contribution in [2.24, 2.45) is 4.99 Å². The number of nitrogens with zero attached hydrogens (tertiary/aromatic N) is 4. The van der Waals surface area contributed by atoms with Gasteiger partial charge in [-0.15, -0.1) is 5.10 Å². The Labute approximate surface area is 109 Å². The Kier molecular flexibility index (Phi) is 5.36. The van der Waals surface area contributed by atoms with Gasteiger partial charge in [0.2, 0.25) is 0 Å². The van der Waals surface area contributed by atoms with E-state index in [0.29, 0.717) is 0 Å². The molecule has 0 aliphatic carbocycles. The van der Waals surface area contributed by atoms with Crippen LogP contribution in [0.25, 0.3) is 0 Å². The molecule has 4 nitrogen and oxygen atoms in total. The van der Waals surface area contributed by atoms with E-state index in [-0.39, 0.29) is 0 Å². The molecule has 1 aromatic heterocycles. The van der Waals surface area contributed by atoms with Crippen molar-refractivity contribution in [3.63, 3.8) is 0 Å². The molecule has 0 unspecified atom stereocenters. The highest BCUT2D eigenvalue weighted by Gasteiger charge is 2.14. The molecular weight excluding hydrogens is 224 g/mol. The summed E-state index contributed by atoms with van der Waals surface area (Å²) in [6.45, 7) is 4.01. The molecule has 0 spiro atoms. The molecule has 100 valence electrons. The molecule has 0 atom stereocenters. The lowest BCUT2D eigenvalue weighted by atomic mass is 10.0. The van der Waals surface area contributed by atoms with Crippen LogP contribution in [0.4, 0.5) is 0 Å². The van der Waals surface area contributed by atoms with Crippen LogP contribution in [0, 0.1) is 0 Å². The Morgan fingerprint density at radius 1 is 1.11 bits per heavy atom. The predicted molar refractivity (Wildman–Crippen MR) is 74.0 cm³/mol. The lowest BCUT2D eigenvalue weighted by Crippen LogP contribution is -2.19. The highest BCUT2D eigenvalue weighted by atomic mass is 15.4. The molecular formula is C14H24N4. The average molecular weight is 248 g/mol. The maximum Gasteiger partial charge on any atom is 0.102 e. The standard InChI is InChI=1S/C14H24N4/c1-2-3-4-5-6-7-8-9-13-14-12-16-17-18(14)11-10-15-13/h12H,2-11H2,1H3.